The van der Waals surface area contributed by atoms with E-state index in [4.69, 9.17) is 9.47 Å². The second kappa shape index (κ2) is 14.4. The van der Waals surface area contributed by atoms with Crippen LogP contribution in [0.2, 0.25) is 0 Å². The largest absolute Gasteiger partial charge is 0.492 e. The van der Waals surface area contributed by atoms with Crippen LogP contribution in [0.3, 0.4) is 0 Å². The van der Waals surface area contributed by atoms with E-state index in [1.165, 1.54) is 7.11 Å². The molecule has 2 atom stereocenters. The zero-order valence-corrected chi connectivity index (χ0v) is 32.0. The summed E-state index contributed by atoms with van der Waals surface area (Å²) in [7, 11) is -2.19. The van der Waals surface area contributed by atoms with Crippen molar-refractivity contribution in [2.24, 2.45) is 5.92 Å². The Labute approximate surface area is 301 Å². The molecule has 1 unspecified atom stereocenters. The van der Waals surface area contributed by atoms with Crippen LogP contribution >= 0.6 is 0 Å². The van der Waals surface area contributed by atoms with E-state index in [0.29, 0.717) is 57.1 Å². The van der Waals surface area contributed by atoms with Crippen molar-refractivity contribution in [3.8, 4) is 5.75 Å². The van der Waals surface area contributed by atoms with Crippen LogP contribution < -0.4 is 14.8 Å². The number of ether oxygens (including phenoxy) is 2. The molecule has 13 nitrogen and oxygen atoms in total. The number of carbonyl (C=O) groups excluding carboxylic acids is 3. The average molecular weight is 725 g/mol. The molecule has 3 amide bonds. The molecule has 1 aromatic heterocycles. The van der Waals surface area contributed by atoms with Gasteiger partial charge in [-0.25, -0.2) is 13.2 Å². The molecule has 2 saturated heterocycles. The summed E-state index contributed by atoms with van der Waals surface area (Å²) in [6.07, 6.45) is 1.32. The van der Waals surface area contributed by atoms with Gasteiger partial charge in [-0.2, -0.15) is 0 Å². The number of carbonyl (C=O) groups is 3. The SMILES string of the molecule is COc1c(NC(=O)c2cc3cccc([C@H](C)N4CCN(C(=O)C5CCN(C(=O)OC(C)(C)C)C5)CC4)c3[nH]2)cc(C(C)(C)C)cc1NS(C)(=O)=O. The number of fused-ring (bicyclic) bond motifs is 1. The van der Waals surface area contributed by atoms with Crippen LogP contribution in [0.5, 0.6) is 5.75 Å². The summed E-state index contributed by atoms with van der Waals surface area (Å²) < 4.78 is 37.9. The Morgan fingerprint density at radius 1 is 0.941 bits per heavy atom. The number of hydrogen-bond acceptors (Lipinski definition) is 8. The lowest BCUT2D eigenvalue weighted by Crippen LogP contribution is -2.51. The summed E-state index contributed by atoms with van der Waals surface area (Å²) in [4.78, 5) is 48.8. The molecule has 0 aliphatic carbocycles. The summed E-state index contributed by atoms with van der Waals surface area (Å²) in [5.41, 5.74) is 2.69. The first-order valence-corrected chi connectivity index (χ1v) is 19.3. The number of aromatic nitrogens is 1. The standard InChI is InChI=1S/C37H52N6O7S/c1-23(41-15-17-42(18-16-41)34(45)25-13-14-43(22-25)35(46)50-37(5,6)7)27-12-10-11-24-19-30(38-31(24)27)33(44)39-28-20-26(36(2,3)4)21-29(32(28)49-8)40-51(9,47)48/h10-12,19-21,23,25,38,40H,13-18,22H2,1-9H3,(H,39,44)/t23-,25?/m0/s1. The minimum atomic E-state index is -3.62. The molecular formula is C37H52N6O7S. The van der Waals surface area contributed by atoms with Crippen LogP contribution in [0, 0.1) is 5.92 Å². The van der Waals surface area contributed by atoms with Crippen LogP contribution in [-0.2, 0) is 25.0 Å². The van der Waals surface area contributed by atoms with E-state index >= 15 is 0 Å². The Bertz CT molecular complexity index is 1900. The van der Waals surface area contributed by atoms with E-state index < -0.39 is 21.5 Å². The topological polar surface area (TPSA) is 153 Å². The first-order valence-electron chi connectivity index (χ1n) is 17.4. The normalized spacial score (nSPS) is 18.1. The second-order valence-corrected chi connectivity index (χ2v) is 17.4. The van der Waals surface area contributed by atoms with Gasteiger partial charge in [0.15, 0.2) is 5.75 Å². The molecule has 278 valence electrons. The number of rotatable bonds is 8. The van der Waals surface area contributed by atoms with Gasteiger partial charge in [0.05, 0.1) is 36.2 Å². The lowest BCUT2D eigenvalue weighted by Gasteiger charge is -2.39. The van der Waals surface area contributed by atoms with Gasteiger partial charge in [0.1, 0.15) is 11.3 Å². The molecule has 5 rings (SSSR count). The van der Waals surface area contributed by atoms with Gasteiger partial charge in [-0.05, 0) is 68.9 Å². The first-order chi connectivity index (χ1) is 23.7. The highest BCUT2D eigenvalue weighted by atomic mass is 32.2. The quantitative estimate of drug-likeness (QED) is 0.273. The van der Waals surface area contributed by atoms with Gasteiger partial charge in [-0.3, -0.25) is 19.2 Å². The smallest absolute Gasteiger partial charge is 0.410 e. The van der Waals surface area contributed by atoms with E-state index in [9.17, 15) is 22.8 Å². The number of nitrogens with one attached hydrogen (secondary N) is 3. The highest BCUT2D eigenvalue weighted by Crippen LogP contribution is 2.39. The van der Waals surface area contributed by atoms with Crippen molar-refractivity contribution < 1.29 is 32.3 Å². The number of sulfonamides is 1. The summed E-state index contributed by atoms with van der Waals surface area (Å²) in [6.45, 7) is 17.1. The number of piperazine rings is 1. The first kappa shape index (κ1) is 37.9. The molecule has 2 aromatic carbocycles. The number of H-pyrrole nitrogens is 1. The number of nitrogens with zero attached hydrogens (tertiary/aromatic N) is 3. The van der Waals surface area contributed by atoms with Crippen molar-refractivity contribution >= 4 is 50.2 Å². The third kappa shape index (κ3) is 8.96. The Morgan fingerprint density at radius 2 is 1.61 bits per heavy atom. The van der Waals surface area contributed by atoms with Gasteiger partial charge in [-0.15, -0.1) is 0 Å². The highest BCUT2D eigenvalue weighted by Gasteiger charge is 2.37. The molecule has 2 fully saturated rings. The zero-order chi connectivity index (χ0) is 37.5. The molecule has 51 heavy (non-hydrogen) atoms. The number of para-hydroxylation sites is 1. The van der Waals surface area contributed by atoms with Crippen LogP contribution in [-0.4, -0.2) is 104 Å². The van der Waals surface area contributed by atoms with Crippen molar-refractivity contribution in [1.29, 1.82) is 0 Å². The Hall–Kier alpha value is -4.30. The molecule has 2 aliphatic rings. The molecule has 3 aromatic rings. The number of amides is 3. The fourth-order valence-electron chi connectivity index (χ4n) is 6.73. The van der Waals surface area contributed by atoms with Gasteiger partial charge in [0.2, 0.25) is 15.9 Å². The van der Waals surface area contributed by atoms with Gasteiger partial charge in [0, 0.05) is 50.7 Å². The van der Waals surface area contributed by atoms with Crippen LogP contribution in [0.1, 0.15) is 82.5 Å². The number of aromatic amines is 1. The highest BCUT2D eigenvalue weighted by molar-refractivity contribution is 7.92. The molecule has 0 spiro atoms. The Kier molecular flexibility index (Phi) is 10.7. The lowest BCUT2D eigenvalue weighted by atomic mass is 9.86. The van der Waals surface area contributed by atoms with E-state index in [2.05, 4.69) is 26.8 Å². The molecule has 3 heterocycles. The number of methoxy groups -OCH3 is 1. The van der Waals surface area contributed by atoms with Gasteiger partial charge >= 0.3 is 6.09 Å². The predicted molar refractivity (Wildman–Crippen MR) is 199 cm³/mol. The monoisotopic (exact) mass is 724 g/mol. The van der Waals surface area contributed by atoms with Crippen molar-refractivity contribution in [2.75, 3.05) is 62.7 Å². The number of hydrogen-bond donors (Lipinski definition) is 3. The molecule has 2 aliphatic heterocycles. The van der Waals surface area contributed by atoms with Crippen molar-refractivity contribution in [1.82, 2.24) is 19.7 Å². The molecular weight excluding hydrogens is 673 g/mol. The maximum absolute atomic E-state index is 13.7. The maximum atomic E-state index is 13.7. The lowest BCUT2D eigenvalue weighted by molar-refractivity contribution is -0.137. The average Bonchev–Trinajstić information content (AvgIpc) is 3.70. The Balaban J connectivity index is 1.28. The summed E-state index contributed by atoms with van der Waals surface area (Å²) >= 11 is 0. The van der Waals surface area contributed by atoms with E-state index in [1.54, 1.807) is 23.1 Å². The van der Waals surface area contributed by atoms with E-state index in [1.807, 2.05) is 64.6 Å². The Morgan fingerprint density at radius 3 is 2.22 bits per heavy atom. The van der Waals surface area contributed by atoms with Crippen molar-refractivity contribution in [2.45, 2.75) is 71.9 Å². The van der Waals surface area contributed by atoms with Gasteiger partial charge in [0.25, 0.3) is 5.91 Å². The minimum absolute atomic E-state index is 0.00263. The van der Waals surface area contributed by atoms with Crippen LogP contribution in [0.15, 0.2) is 36.4 Å². The molecule has 0 bridgehead atoms. The van der Waals surface area contributed by atoms with Crippen LogP contribution in [0.25, 0.3) is 10.9 Å². The third-order valence-corrected chi connectivity index (χ3v) is 10.0. The predicted octanol–water partition coefficient (Wildman–Crippen LogP) is 5.56. The van der Waals surface area contributed by atoms with Crippen molar-refractivity contribution in [3.63, 3.8) is 0 Å². The second-order valence-electron chi connectivity index (χ2n) is 15.6. The fraction of sp³-hybridized carbons (Fsp3) is 0.541. The molecule has 0 saturated carbocycles. The summed E-state index contributed by atoms with van der Waals surface area (Å²) in [5, 5.41) is 3.82. The van der Waals surface area contributed by atoms with E-state index in [0.717, 1.165) is 28.3 Å². The number of anilines is 2. The van der Waals surface area contributed by atoms with E-state index in [-0.39, 0.29) is 40.8 Å². The molecule has 3 N–H and O–H groups in total. The third-order valence-electron chi connectivity index (χ3n) is 9.45. The number of likely N-dealkylation sites (tertiary alicyclic amines) is 1. The van der Waals surface area contributed by atoms with Crippen molar-refractivity contribution in [3.05, 3.63) is 53.2 Å². The van der Waals surface area contributed by atoms with Gasteiger partial charge < -0.3 is 29.6 Å². The minimum Gasteiger partial charge on any atom is -0.492 e. The van der Waals surface area contributed by atoms with Crippen LogP contribution in [0.4, 0.5) is 16.2 Å². The fourth-order valence-corrected chi connectivity index (χ4v) is 7.28. The molecule has 14 heteroatoms. The zero-order valence-electron chi connectivity index (χ0n) is 31.2. The van der Waals surface area contributed by atoms with Gasteiger partial charge in [-0.1, -0.05) is 39.0 Å². The maximum Gasteiger partial charge on any atom is 0.410 e. The summed E-state index contributed by atoms with van der Waals surface area (Å²) in [5.74, 6) is -0.335. The number of benzene rings is 2. The summed E-state index contributed by atoms with van der Waals surface area (Å²) in [6, 6.07) is 11.3. The molecule has 0 radical (unpaired) electrons.